The molecule has 0 fully saturated rings. The first-order valence-electron chi connectivity index (χ1n) is 5.74. The molecule has 0 bridgehead atoms. The van der Waals surface area contributed by atoms with Gasteiger partial charge in [-0.05, 0) is 34.0 Å². The lowest BCUT2D eigenvalue weighted by atomic mass is 9.92. The zero-order chi connectivity index (χ0) is 12.4. The predicted molar refractivity (Wildman–Crippen MR) is 83.0 cm³/mol. The molecule has 2 rings (SSSR count). The Labute approximate surface area is 114 Å². The van der Waals surface area contributed by atoms with E-state index in [2.05, 4.69) is 75.4 Å². The maximum absolute atomic E-state index is 3.63. The average molecular weight is 307 g/mol. The molecule has 1 unspecified atom stereocenters. The highest BCUT2D eigenvalue weighted by Crippen LogP contribution is 2.33. The van der Waals surface area contributed by atoms with E-state index in [9.17, 15) is 0 Å². The van der Waals surface area contributed by atoms with E-state index < -0.39 is 0 Å². The van der Waals surface area contributed by atoms with E-state index in [0.29, 0.717) is 5.92 Å². The maximum atomic E-state index is 3.63. The van der Waals surface area contributed by atoms with E-state index in [-0.39, 0.29) is 0 Å². The molecule has 0 aromatic heterocycles. The highest BCUT2D eigenvalue weighted by Gasteiger charge is 2.12. The molecular weight excluding hydrogens is 291 g/mol. The van der Waals surface area contributed by atoms with Crippen molar-refractivity contribution in [3.8, 4) is 11.1 Å². The highest BCUT2D eigenvalue weighted by molar-refractivity contribution is 9.10. The summed E-state index contributed by atoms with van der Waals surface area (Å²) < 4.78 is 1.15. The fourth-order valence-corrected chi connectivity index (χ4v) is 3.24. The molecule has 0 saturated heterocycles. The van der Waals surface area contributed by atoms with Crippen molar-refractivity contribution in [1.82, 2.24) is 0 Å². The summed E-state index contributed by atoms with van der Waals surface area (Å²) in [6, 6.07) is 14.9. The van der Waals surface area contributed by atoms with Gasteiger partial charge in [-0.1, -0.05) is 66.2 Å². The average Bonchev–Trinajstić information content (AvgIpc) is 2.28. The molecule has 0 spiro atoms. The van der Waals surface area contributed by atoms with Crippen molar-refractivity contribution in [3.63, 3.8) is 0 Å². The van der Waals surface area contributed by atoms with Crippen LogP contribution >= 0.6 is 25.2 Å². The molecule has 17 heavy (non-hydrogen) atoms. The highest BCUT2D eigenvalue weighted by atomic mass is 79.9. The van der Waals surface area contributed by atoms with E-state index in [1.54, 1.807) is 0 Å². The minimum absolute atomic E-state index is 0.519. The van der Waals surface area contributed by atoms with Crippen LogP contribution in [0.25, 0.3) is 11.1 Å². The second kappa shape index (κ2) is 5.33. The Morgan fingerprint density at radius 3 is 2.24 bits per heavy atom. The first-order chi connectivity index (χ1) is 8.11. The molecule has 0 nitrogen and oxygen atoms in total. The molecule has 2 heteroatoms. The number of halogens is 1. The van der Waals surface area contributed by atoms with Crippen LogP contribution in [0.15, 0.2) is 46.9 Å². The first-order valence-corrected chi connectivity index (χ1v) is 7.11. The zero-order valence-corrected chi connectivity index (χ0v) is 12.8. The molecular formula is C15H16BrP. The predicted octanol–water partition coefficient (Wildman–Crippen LogP) is 4.74. The number of benzene rings is 2. The largest absolute Gasteiger partial charge is 0.105 e. The van der Waals surface area contributed by atoms with Gasteiger partial charge in [-0.15, -0.1) is 9.24 Å². The Morgan fingerprint density at radius 2 is 1.59 bits per heavy atom. The quantitative estimate of drug-likeness (QED) is 0.703. The molecule has 0 saturated carbocycles. The van der Waals surface area contributed by atoms with Crippen LogP contribution < -0.4 is 5.30 Å². The van der Waals surface area contributed by atoms with E-state index in [4.69, 9.17) is 0 Å². The molecule has 0 amide bonds. The molecule has 0 aliphatic carbocycles. The summed E-state index contributed by atoms with van der Waals surface area (Å²) in [5.74, 6) is 0.519. The summed E-state index contributed by atoms with van der Waals surface area (Å²) in [6.07, 6.45) is 0. The van der Waals surface area contributed by atoms with Crippen molar-refractivity contribution in [2.24, 2.45) is 0 Å². The summed E-state index contributed by atoms with van der Waals surface area (Å²) in [5, 5.41) is 1.29. The molecule has 88 valence electrons. The Balaban J connectivity index is 2.68. The van der Waals surface area contributed by atoms with E-state index in [1.807, 2.05) is 6.07 Å². The fourth-order valence-electron chi connectivity index (χ4n) is 2.14. The SMILES string of the molecule is CC(C)c1c(P)cccc1-c1ccccc1Br. The van der Waals surface area contributed by atoms with E-state index in [1.165, 1.54) is 22.0 Å². The molecule has 1 atom stereocenters. The molecule has 0 aliphatic rings. The van der Waals surface area contributed by atoms with Crippen LogP contribution in [0.5, 0.6) is 0 Å². The number of hydrogen-bond acceptors (Lipinski definition) is 0. The summed E-state index contributed by atoms with van der Waals surface area (Å²) in [4.78, 5) is 0. The molecule has 0 aliphatic heterocycles. The molecule has 2 aromatic carbocycles. The summed E-state index contributed by atoms with van der Waals surface area (Å²) >= 11 is 3.63. The molecule has 0 N–H and O–H groups in total. The Kier molecular flexibility index (Phi) is 4.01. The van der Waals surface area contributed by atoms with Crippen LogP contribution in [-0.4, -0.2) is 0 Å². The van der Waals surface area contributed by atoms with Gasteiger partial charge in [0.05, 0.1) is 0 Å². The summed E-state index contributed by atoms with van der Waals surface area (Å²) in [7, 11) is 2.84. The van der Waals surface area contributed by atoms with Crippen molar-refractivity contribution in [3.05, 3.63) is 52.5 Å². The van der Waals surface area contributed by atoms with Crippen molar-refractivity contribution < 1.29 is 0 Å². The number of rotatable bonds is 2. The van der Waals surface area contributed by atoms with Gasteiger partial charge in [0, 0.05) is 4.47 Å². The van der Waals surface area contributed by atoms with Gasteiger partial charge in [0.1, 0.15) is 0 Å². The van der Waals surface area contributed by atoms with Crippen molar-refractivity contribution >= 4 is 30.5 Å². The van der Waals surface area contributed by atoms with Crippen molar-refractivity contribution in [2.45, 2.75) is 19.8 Å². The van der Waals surface area contributed by atoms with Gasteiger partial charge in [0.15, 0.2) is 0 Å². The Hall–Kier alpha value is -0.650. The monoisotopic (exact) mass is 306 g/mol. The minimum atomic E-state index is 0.519. The van der Waals surface area contributed by atoms with Gasteiger partial charge in [0.25, 0.3) is 0 Å². The third-order valence-corrected chi connectivity index (χ3v) is 4.08. The molecule has 0 heterocycles. The minimum Gasteiger partial charge on any atom is -0.105 e. The number of hydrogen-bond donors (Lipinski definition) is 0. The summed E-state index contributed by atoms with van der Waals surface area (Å²) in [5.41, 5.74) is 3.99. The molecule has 0 radical (unpaired) electrons. The lowest BCUT2D eigenvalue weighted by molar-refractivity contribution is 0.876. The van der Waals surface area contributed by atoms with Gasteiger partial charge < -0.3 is 0 Å². The second-order valence-corrected chi connectivity index (χ2v) is 5.92. The van der Waals surface area contributed by atoms with Crippen LogP contribution in [0.4, 0.5) is 0 Å². The Bertz CT molecular complexity index is 532. The van der Waals surface area contributed by atoms with Crippen LogP contribution in [0.3, 0.4) is 0 Å². The maximum Gasteiger partial charge on any atom is 0.0253 e. The van der Waals surface area contributed by atoms with Gasteiger partial charge in [0.2, 0.25) is 0 Å². The van der Waals surface area contributed by atoms with Gasteiger partial charge >= 0.3 is 0 Å². The third-order valence-electron chi connectivity index (χ3n) is 2.88. The lowest BCUT2D eigenvalue weighted by Gasteiger charge is -2.16. The van der Waals surface area contributed by atoms with Gasteiger partial charge in [-0.2, -0.15) is 0 Å². The van der Waals surface area contributed by atoms with Crippen molar-refractivity contribution in [1.29, 1.82) is 0 Å². The zero-order valence-electron chi connectivity index (χ0n) is 10.1. The first kappa shape index (κ1) is 12.8. The van der Waals surface area contributed by atoms with Crippen LogP contribution in [0.1, 0.15) is 25.3 Å². The summed E-state index contributed by atoms with van der Waals surface area (Å²) in [6.45, 7) is 4.48. The smallest absolute Gasteiger partial charge is 0.0253 e. The van der Waals surface area contributed by atoms with Crippen LogP contribution in [-0.2, 0) is 0 Å². The Morgan fingerprint density at radius 1 is 0.941 bits per heavy atom. The normalized spacial score (nSPS) is 10.9. The lowest BCUT2D eigenvalue weighted by Crippen LogP contribution is -2.06. The second-order valence-electron chi connectivity index (χ2n) is 4.44. The standard InChI is InChI=1S/C15H16BrP/c1-10(2)15-12(7-5-9-14(15)17)11-6-3-4-8-13(11)16/h3-10H,17H2,1-2H3. The fraction of sp³-hybridized carbons (Fsp3) is 0.200. The third kappa shape index (κ3) is 2.61. The topological polar surface area (TPSA) is 0 Å². The van der Waals surface area contributed by atoms with E-state index in [0.717, 1.165) is 4.47 Å². The van der Waals surface area contributed by atoms with Crippen LogP contribution in [0.2, 0.25) is 0 Å². The van der Waals surface area contributed by atoms with Gasteiger partial charge in [-0.25, -0.2) is 0 Å². The van der Waals surface area contributed by atoms with Crippen LogP contribution in [0, 0.1) is 0 Å². The molecule has 2 aromatic rings. The van der Waals surface area contributed by atoms with Gasteiger partial charge in [-0.3, -0.25) is 0 Å². The van der Waals surface area contributed by atoms with Crippen molar-refractivity contribution in [2.75, 3.05) is 0 Å². The van der Waals surface area contributed by atoms with E-state index >= 15 is 0 Å².